The summed E-state index contributed by atoms with van der Waals surface area (Å²) < 4.78 is 42.9. The van der Waals surface area contributed by atoms with Crippen LogP contribution in [-0.2, 0) is 47.5 Å². The first kappa shape index (κ1) is 35.1. The van der Waals surface area contributed by atoms with E-state index in [0.29, 0.717) is 6.42 Å². The third-order valence-electron chi connectivity index (χ3n) is 9.57. The molecule has 0 spiro atoms. The molecule has 0 amide bonds. The Morgan fingerprint density at radius 2 is 1.47 bits per heavy atom. The molecule has 2 bridgehead atoms. The van der Waals surface area contributed by atoms with Crippen molar-refractivity contribution in [3.05, 3.63) is 20.9 Å². The number of Topliss-reactive ketones (excluding diaryl/α,β-unsaturated/α-hetero) is 2. The fourth-order valence-electron chi connectivity index (χ4n) is 6.68. The molecule has 16 heteroatoms. The van der Waals surface area contributed by atoms with E-state index in [1.807, 2.05) is 27.7 Å². The molecule has 4 aliphatic heterocycles. The molecule has 0 saturated carbocycles. The topological polar surface area (TPSA) is 213 Å². The highest BCUT2D eigenvalue weighted by Crippen LogP contribution is 2.41. The second-order valence-corrected chi connectivity index (χ2v) is 12.5. The van der Waals surface area contributed by atoms with Gasteiger partial charge >= 0.3 is 5.97 Å². The Kier molecular flexibility index (Phi) is 11.8. The summed E-state index contributed by atoms with van der Waals surface area (Å²) in [5.74, 6) is -2.27. The van der Waals surface area contributed by atoms with Gasteiger partial charge in [0.25, 0.3) is 0 Å². The number of nitrogens with zero attached hydrogens (tertiary/aromatic N) is 6. The van der Waals surface area contributed by atoms with E-state index in [-0.39, 0.29) is 54.9 Å². The van der Waals surface area contributed by atoms with Crippen molar-refractivity contribution in [1.29, 1.82) is 0 Å². The number of carbonyl (C=O) groups excluding carboxylic acids is 3. The summed E-state index contributed by atoms with van der Waals surface area (Å²) >= 11 is 0. The van der Waals surface area contributed by atoms with Crippen LogP contribution in [0.25, 0.3) is 20.9 Å². The number of ether oxygens (including phenoxy) is 7. The number of hydrogen-bond donors (Lipinski definition) is 0. The first-order valence-corrected chi connectivity index (χ1v) is 15.6. The molecule has 0 radical (unpaired) electrons. The number of esters is 1. The van der Waals surface area contributed by atoms with Crippen LogP contribution in [0, 0.1) is 23.7 Å². The summed E-state index contributed by atoms with van der Waals surface area (Å²) in [7, 11) is 0. The highest BCUT2D eigenvalue weighted by Gasteiger charge is 2.55. The third kappa shape index (κ3) is 7.61. The Morgan fingerprint density at radius 3 is 2.09 bits per heavy atom. The van der Waals surface area contributed by atoms with E-state index < -0.39 is 73.4 Å². The molecule has 0 aromatic heterocycles. The van der Waals surface area contributed by atoms with Crippen molar-refractivity contribution in [2.45, 2.75) is 135 Å². The van der Waals surface area contributed by atoms with Crippen LogP contribution in [-0.4, -0.2) is 91.7 Å². The number of azide groups is 2. The second-order valence-electron chi connectivity index (χ2n) is 12.5. The lowest BCUT2D eigenvalue weighted by Gasteiger charge is -2.49. The van der Waals surface area contributed by atoms with Crippen molar-refractivity contribution in [2.24, 2.45) is 33.9 Å². The van der Waals surface area contributed by atoms with Crippen LogP contribution in [0.5, 0.6) is 0 Å². The molecule has 15 atom stereocenters. The number of hydrogen-bond acceptors (Lipinski definition) is 12. The van der Waals surface area contributed by atoms with Gasteiger partial charge in [0.1, 0.15) is 24.1 Å². The van der Waals surface area contributed by atoms with Crippen LogP contribution in [0.4, 0.5) is 0 Å². The minimum absolute atomic E-state index is 0.0112. The first-order chi connectivity index (χ1) is 21.4. The fourth-order valence-corrected chi connectivity index (χ4v) is 6.68. The van der Waals surface area contributed by atoms with E-state index in [2.05, 4.69) is 20.1 Å². The van der Waals surface area contributed by atoms with E-state index in [9.17, 15) is 19.9 Å². The van der Waals surface area contributed by atoms with Crippen molar-refractivity contribution < 1.29 is 47.5 Å². The van der Waals surface area contributed by atoms with Gasteiger partial charge in [0.2, 0.25) is 0 Å². The van der Waals surface area contributed by atoms with Crippen molar-refractivity contribution in [3.63, 3.8) is 0 Å². The van der Waals surface area contributed by atoms with Crippen LogP contribution in [0.3, 0.4) is 0 Å². The van der Waals surface area contributed by atoms with Crippen molar-refractivity contribution in [3.8, 4) is 0 Å². The molecule has 0 aromatic carbocycles. The molecule has 4 fully saturated rings. The van der Waals surface area contributed by atoms with Gasteiger partial charge < -0.3 is 38.0 Å². The van der Waals surface area contributed by atoms with Crippen LogP contribution >= 0.6 is 0 Å². The summed E-state index contributed by atoms with van der Waals surface area (Å²) in [6.07, 6.45) is -7.09. The predicted octanol–water partition coefficient (Wildman–Crippen LogP) is 4.14. The molecule has 0 aromatic rings. The van der Waals surface area contributed by atoms with Gasteiger partial charge in [-0.05, 0) is 49.1 Å². The van der Waals surface area contributed by atoms with E-state index in [1.165, 1.54) is 13.8 Å². The normalized spacial score (nSPS) is 42.6. The van der Waals surface area contributed by atoms with Gasteiger partial charge in [-0.25, -0.2) is 0 Å². The van der Waals surface area contributed by atoms with E-state index in [1.54, 1.807) is 6.92 Å². The largest absolute Gasteiger partial charge is 0.457 e. The van der Waals surface area contributed by atoms with Gasteiger partial charge in [0.05, 0.1) is 37.3 Å². The quantitative estimate of drug-likeness (QED) is 0.129. The fraction of sp³-hybridized carbons (Fsp3) is 0.897. The Morgan fingerprint density at radius 1 is 0.800 bits per heavy atom. The zero-order valence-corrected chi connectivity index (χ0v) is 26.8. The lowest BCUT2D eigenvalue weighted by Crippen LogP contribution is -2.62. The Hall–Kier alpha value is -2.81. The van der Waals surface area contributed by atoms with E-state index >= 15 is 0 Å². The standard InChI is InChI=1S/C29H44N6O10/c1-8-18-13(3)14(4)21(32-34-30)28(40-18)44-24-16(6)25(42-20(38)10-9-12(2)36)29(45-26(24)17(7)37)43-23-15(5)22(33-35-31)27-39-11-19(23)41-27/h13-16,18-19,21-29H,8-11H2,1-7H3/t13-,14-,15+,16-,18-,19?,21?,22-,23-,24-,25-,26-,27?,28+,29?/m0/s1. The number of ketones is 2. The molecular weight excluding hydrogens is 592 g/mol. The Balaban J connectivity index is 1.65. The van der Waals surface area contributed by atoms with Crippen LogP contribution in [0.15, 0.2) is 10.2 Å². The smallest absolute Gasteiger partial charge is 0.306 e. The molecule has 250 valence electrons. The zero-order valence-electron chi connectivity index (χ0n) is 26.8. The number of rotatable bonds is 12. The minimum atomic E-state index is -1.25. The van der Waals surface area contributed by atoms with Gasteiger partial charge in [-0.15, -0.1) is 0 Å². The molecular formula is C29H44N6O10. The summed E-state index contributed by atoms with van der Waals surface area (Å²) in [5, 5.41) is 7.83. The van der Waals surface area contributed by atoms with Crippen molar-refractivity contribution in [1.82, 2.24) is 0 Å². The zero-order chi connectivity index (χ0) is 33.0. The van der Waals surface area contributed by atoms with Gasteiger partial charge in [-0.3, -0.25) is 9.59 Å². The molecule has 45 heavy (non-hydrogen) atoms. The van der Waals surface area contributed by atoms with Crippen LogP contribution < -0.4 is 0 Å². The minimum Gasteiger partial charge on any atom is -0.457 e. The Bertz CT molecular complexity index is 1190. The molecule has 4 unspecified atom stereocenters. The molecule has 4 aliphatic rings. The number of carbonyl (C=O) groups is 3. The van der Waals surface area contributed by atoms with Gasteiger partial charge in [-0.1, -0.05) is 44.8 Å². The lowest BCUT2D eigenvalue weighted by molar-refractivity contribution is -0.336. The van der Waals surface area contributed by atoms with Gasteiger partial charge in [0, 0.05) is 22.2 Å². The average molecular weight is 637 g/mol. The molecule has 4 heterocycles. The van der Waals surface area contributed by atoms with Gasteiger partial charge in [-0.2, -0.15) is 0 Å². The summed E-state index contributed by atoms with van der Waals surface area (Å²) in [6.45, 7) is 12.5. The molecule has 4 rings (SSSR count). The monoisotopic (exact) mass is 636 g/mol. The molecule has 0 N–H and O–H groups in total. The molecule has 0 aliphatic carbocycles. The van der Waals surface area contributed by atoms with Crippen LogP contribution in [0.1, 0.15) is 67.7 Å². The highest BCUT2D eigenvalue weighted by atomic mass is 16.8. The molecule has 16 nitrogen and oxygen atoms in total. The SMILES string of the molecule is CC[C@@H]1O[C@H](O[C@H]2[C@H](C)[C@H](OC(=O)CCC(C)=O)C(O[C@@H]3C4COC(O4)[C@@H](N=[N+]=[N-])[C@H]3C)O[C@H]2C(C)=O)C(N=[N+]=[N-])[C@@H](C)[C@@H]1C. The van der Waals surface area contributed by atoms with E-state index in [0.717, 1.165) is 0 Å². The maximum atomic E-state index is 13.1. The summed E-state index contributed by atoms with van der Waals surface area (Å²) in [5.41, 5.74) is 18.4. The van der Waals surface area contributed by atoms with Gasteiger partial charge in [0.15, 0.2) is 30.8 Å². The average Bonchev–Trinajstić information content (AvgIpc) is 3.44. The Labute approximate surface area is 261 Å². The first-order valence-electron chi connectivity index (χ1n) is 15.6. The van der Waals surface area contributed by atoms with E-state index in [4.69, 9.17) is 38.7 Å². The predicted molar refractivity (Wildman–Crippen MR) is 155 cm³/mol. The van der Waals surface area contributed by atoms with Crippen molar-refractivity contribution in [2.75, 3.05) is 6.61 Å². The highest BCUT2D eigenvalue weighted by molar-refractivity contribution is 5.82. The number of fused-ring (bicyclic) bond motifs is 2. The lowest BCUT2D eigenvalue weighted by atomic mass is 9.81. The summed E-state index contributed by atoms with van der Waals surface area (Å²) in [6, 6.07) is -1.38. The molecule has 4 saturated heterocycles. The maximum absolute atomic E-state index is 13.1. The maximum Gasteiger partial charge on any atom is 0.306 e. The summed E-state index contributed by atoms with van der Waals surface area (Å²) in [4.78, 5) is 43.6. The second kappa shape index (κ2) is 15.2. The van der Waals surface area contributed by atoms with Crippen molar-refractivity contribution >= 4 is 17.5 Å². The third-order valence-corrected chi connectivity index (χ3v) is 9.57. The van der Waals surface area contributed by atoms with Crippen LogP contribution in [0.2, 0.25) is 0 Å².